The quantitative estimate of drug-likeness (QED) is 0.441. The summed E-state index contributed by atoms with van der Waals surface area (Å²) in [5, 5.41) is 3.07. The Hall–Kier alpha value is -2.66. The van der Waals surface area contributed by atoms with Crippen molar-refractivity contribution in [3.63, 3.8) is 0 Å². The van der Waals surface area contributed by atoms with Crippen LogP contribution in [0.3, 0.4) is 0 Å². The molecule has 4 rings (SSSR count). The van der Waals surface area contributed by atoms with Gasteiger partial charge in [-0.15, -0.1) is 11.3 Å². The van der Waals surface area contributed by atoms with E-state index < -0.39 is 6.10 Å². The number of aromatic nitrogens is 1. The maximum Gasteiger partial charge on any atom is 0.267 e. The zero-order valence-corrected chi connectivity index (χ0v) is 17.7. The third-order valence-corrected chi connectivity index (χ3v) is 6.11. The van der Waals surface area contributed by atoms with Gasteiger partial charge in [-0.05, 0) is 31.5 Å². The van der Waals surface area contributed by atoms with E-state index >= 15 is 0 Å². The normalized spacial score (nSPS) is 15.9. The molecule has 3 aromatic rings. The van der Waals surface area contributed by atoms with Crippen LogP contribution >= 0.6 is 11.3 Å². The van der Waals surface area contributed by atoms with Gasteiger partial charge in [0, 0.05) is 23.1 Å². The van der Waals surface area contributed by atoms with Crippen molar-refractivity contribution in [3.05, 3.63) is 53.9 Å². The number of nitrogens with zero attached hydrogens (tertiary/aromatic N) is 2. The molecular formula is C24H26N2O2S. The third kappa shape index (κ3) is 4.20. The number of hydrogen-bond acceptors (Lipinski definition) is 4. The Morgan fingerprint density at radius 1 is 1.07 bits per heavy atom. The fourth-order valence-corrected chi connectivity index (χ4v) is 4.45. The lowest BCUT2D eigenvalue weighted by molar-refractivity contribution is -0.125. The van der Waals surface area contributed by atoms with E-state index in [9.17, 15) is 4.79 Å². The Labute approximate surface area is 176 Å². The van der Waals surface area contributed by atoms with E-state index in [1.54, 1.807) is 11.3 Å². The van der Waals surface area contributed by atoms with E-state index in [-0.39, 0.29) is 5.91 Å². The zero-order valence-electron chi connectivity index (χ0n) is 16.9. The van der Waals surface area contributed by atoms with Crippen molar-refractivity contribution in [2.45, 2.75) is 45.6 Å². The Morgan fingerprint density at radius 3 is 2.69 bits per heavy atom. The lowest BCUT2D eigenvalue weighted by Crippen LogP contribution is -2.44. The molecule has 1 aliphatic rings. The summed E-state index contributed by atoms with van der Waals surface area (Å²) in [6.07, 6.45) is 4.08. The minimum Gasteiger partial charge on any atom is -0.479 e. The van der Waals surface area contributed by atoms with Gasteiger partial charge < -0.3 is 9.64 Å². The third-order valence-electron chi connectivity index (χ3n) is 5.22. The number of thiazole rings is 1. The van der Waals surface area contributed by atoms with Crippen molar-refractivity contribution < 1.29 is 9.53 Å². The highest BCUT2D eigenvalue weighted by molar-refractivity contribution is 7.13. The topological polar surface area (TPSA) is 42.4 Å². The number of amides is 1. The van der Waals surface area contributed by atoms with E-state index in [1.807, 2.05) is 48.2 Å². The average molecular weight is 407 g/mol. The second kappa shape index (κ2) is 8.78. The van der Waals surface area contributed by atoms with Crippen molar-refractivity contribution in [2.24, 2.45) is 0 Å². The molecule has 0 saturated carbocycles. The monoisotopic (exact) mass is 406 g/mol. The van der Waals surface area contributed by atoms with Gasteiger partial charge in [0.25, 0.3) is 5.91 Å². The predicted molar refractivity (Wildman–Crippen MR) is 120 cm³/mol. The van der Waals surface area contributed by atoms with Crippen molar-refractivity contribution in [1.29, 1.82) is 0 Å². The van der Waals surface area contributed by atoms with Gasteiger partial charge in [0.2, 0.25) is 0 Å². The molecule has 2 heterocycles. The summed E-state index contributed by atoms with van der Waals surface area (Å²) >= 11 is 1.63. The average Bonchev–Trinajstić information content (AvgIpc) is 3.24. The van der Waals surface area contributed by atoms with E-state index in [1.165, 1.54) is 12.8 Å². The lowest BCUT2D eigenvalue weighted by atomic mass is 10.1. The van der Waals surface area contributed by atoms with E-state index in [2.05, 4.69) is 24.4 Å². The number of rotatable bonds is 7. The van der Waals surface area contributed by atoms with Crippen molar-refractivity contribution in [2.75, 3.05) is 11.4 Å². The van der Waals surface area contributed by atoms with Gasteiger partial charge in [0.05, 0.1) is 11.4 Å². The maximum atomic E-state index is 12.8. The molecule has 0 aliphatic carbocycles. The van der Waals surface area contributed by atoms with Crippen LogP contribution in [0.4, 0.5) is 5.69 Å². The van der Waals surface area contributed by atoms with Gasteiger partial charge in [0.1, 0.15) is 10.8 Å². The molecule has 1 unspecified atom stereocenters. The molecule has 1 aliphatic heterocycles. The summed E-state index contributed by atoms with van der Waals surface area (Å²) in [4.78, 5) is 19.5. The molecule has 0 saturated heterocycles. The Balaban J connectivity index is 1.62. The zero-order chi connectivity index (χ0) is 20.2. The highest BCUT2D eigenvalue weighted by atomic mass is 32.1. The van der Waals surface area contributed by atoms with Crippen LogP contribution in [0, 0.1) is 0 Å². The van der Waals surface area contributed by atoms with Gasteiger partial charge in [0.15, 0.2) is 6.10 Å². The molecule has 4 nitrogen and oxygen atoms in total. The Bertz CT molecular complexity index is 984. The molecule has 0 spiro atoms. The Kier molecular flexibility index (Phi) is 5.95. The first-order chi connectivity index (χ1) is 14.2. The van der Waals surface area contributed by atoms with Crippen LogP contribution in [-0.4, -0.2) is 23.5 Å². The molecule has 1 amide bonds. The van der Waals surface area contributed by atoms with Crippen LogP contribution in [0.25, 0.3) is 21.8 Å². The van der Waals surface area contributed by atoms with Crippen LogP contribution in [0.1, 0.15) is 39.5 Å². The second-order valence-corrected chi connectivity index (χ2v) is 8.26. The molecular weight excluding hydrogens is 380 g/mol. The molecule has 0 bridgehead atoms. The van der Waals surface area contributed by atoms with Crippen molar-refractivity contribution in [1.82, 2.24) is 4.98 Å². The molecule has 150 valence electrons. The number of ether oxygens (including phenoxy) is 1. The standard InChI is InChI=1S/C24H26N2O2S/c1-3-4-5-9-14-26-21-15-19(12-13-22(21)28-17(2)24(26)27)20-16-29-23(25-20)18-10-7-6-8-11-18/h6-8,10-13,15-17H,3-5,9,14H2,1-2H3. The number of benzene rings is 2. The van der Waals surface area contributed by atoms with Gasteiger partial charge in [-0.3, -0.25) is 4.79 Å². The van der Waals surface area contributed by atoms with Crippen LogP contribution in [0.5, 0.6) is 5.75 Å². The molecule has 2 aromatic carbocycles. The number of hydrogen-bond donors (Lipinski definition) is 0. The number of unbranched alkanes of at least 4 members (excludes halogenated alkanes) is 3. The SMILES string of the molecule is CCCCCCN1C(=O)C(C)Oc2ccc(-c3csc(-c4ccccc4)n3)cc21. The summed E-state index contributed by atoms with van der Waals surface area (Å²) in [6, 6.07) is 16.2. The fraction of sp³-hybridized carbons (Fsp3) is 0.333. The largest absolute Gasteiger partial charge is 0.479 e. The first-order valence-electron chi connectivity index (χ1n) is 10.3. The first kappa shape index (κ1) is 19.6. The molecule has 5 heteroatoms. The number of anilines is 1. The number of carbonyl (C=O) groups excluding carboxylic acids is 1. The molecule has 1 aromatic heterocycles. The fourth-order valence-electron chi connectivity index (χ4n) is 3.61. The van der Waals surface area contributed by atoms with Gasteiger partial charge >= 0.3 is 0 Å². The molecule has 0 fully saturated rings. The van der Waals surface area contributed by atoms with Gasteiger partial charge in [-0.2, -0.15) is 0 Å². The van der Waals surface area contributed by atoms with Crippen LogP contribution in [0.15, 0.2) is 53.9 Å². The summed E-state index contributed by atoms with van der Waals surface area (Å²) in [7, 11) is 0. The van der Waals surface area contributed by atoms with E-state index in [4.69, 9.17) is 9.72 Å². The number of fused-ring (bicyclic) bond motifs is 1. The lowest BCUT2D eigenvalue weighted by Gasteiger charge is -2.33. The summed E-state index contributed by atoms with van der Waals surface area (Å²) in [5.74, 6) is 0.809. The molecule has 0 radical (unpaired) electrons. The summed E-state index contributed by atoms with van der Waals surface area (Å²) in [6.45, 7) is 4.75. The van der Waals surface area contributed by atoms with E-state index in [0.29, 0.717) is 0 Å². The maximum absolute atomic E-state index is 12.8. The molecule has 1 atom stereocenters. The molecule has 0 N–H and O–H groups in total. The molecule has 29 heavy (non-hydrogen) atoms. The number of carbonyl (C=O) groups is 1. The minimum atomic E-state index is -0.441. The first-order valence-corrected chi connectivity index (χ1v) is 11.2. The van der Waals surface area contributed by atoms with Crippen molar-refractivity contribution in [3.8, 4) is 27.6 Å². The minimum absolute atomic E-state index is 0.0365. The van der Waals surface area contributed by atoms with Gasteiger partial charge in [-0.1, -0.05) is 56.5 Å². The van der Waals surface area contributed by atoms with Crippen LogP contribution in [-0.2, 0) is 4.79 Å². The van der Waals surface area contributed by atoms with Crippen molar-refractivity contribution >= 4 is 22.9 Å². The van der Waals surface area contributed by atoms with E-state index in [0.717, 1.165) is 52.7 Å². The predicted octanol–water partition coefficient (Wildman–Crippen LogP) is 6.17. The van der Waals surface area contributed by atoms with Crippen LogP contribution in [0.2, 0.25) is 0 Å². The summed E-state index contributed by atoms with van der Waals surface area (Å²) < 4.78 is 5.86. The summed E-state index contributed by atoms with van der Waals surface area (Å²) in [5.41, 5.74) is 3.91. The van der Waals surface area contributed by atoms with Gasteiger partial charge in [-0.25, -0.2) is 4.98 Å². The van der Waals surface area contributed by atoms with Crippen LogP contribution < -0.4 is 9.64 Å². The smallest absolute Gasteiger partial charge is 0.267 e. The highest BCUT2D eigenvalue weighted by Crippen LogP contribution is 2.38. The second-order valence-electron chi connectivity index (χ2n) is 7.40. The Morgan fingerprint density at radius 2 is 1.90 bits per heavy atom. The highest BCUT2D eigenvalue weighted by Gasteiger charge is 2.31.